The molecule has 5 aliphatic rings. The standard InChI is InChI=1S/C28H37N3O6.2ClH/c1-18-16-28(37-20(3)32)17-19(2)23(18)24-25(28)27(34)31(26(24)33)36-15-7-10-29-11-13-30(14-12-29)21-8-5-6-9-22(21)35-4;;/h5-6,8-9,16,19,23-25H,7,10-15,17H2,1-4H3;2*1H/t19?,23-,24?,25?,28-;;/m1../s1. The highest BCUT2D eigenvalue weighted by atomic mass is 35.5. The number of esters is 1. The minimum Gasteiger partial charge on any atom is -0.495 e. The SMILES string of the molecule is COc1ccccc1N1CCN(CCCON2C(=O)C3C(C2=O)[C@@]2(OC(C)=O)C=C(C)[C@@H]3C(C)C2)CC1.Cl.Cl. The summed E-state index contributed by atoms with van der Waals surface area (Å²) in [5.41, 5.74) is 1.05. The van der Waals surface area contributed by atoms with Gasteiger partial charge in [-0.25, -0.2) is 0 Å². The Kier molecular flexibility index (Phi) is 9.97. The molecule has 3 fully saturated rings. The van der Waals surface area contributed by atoms with Gasteiger partial charge in [-0.1, -0.05) is 24.6 Å². The summed E-state index contributed by atoms with van der Waals surface area (Å²) in [6, 6.07) is 8.06. The Bertz CT molecular complexity index is 1110. The van der Waals surface area contributed by atoms with E-state index in [-0.39, 0.29) is 55.1 Å². The van der Waals surface area contributed by atoms with E-state index in [0.717, 1.165) is 54.8 Å². The Morgan fingerprint density at radius 1 is 1.05 bits per heavy atom. The van der Waals surface area contributed by atoms with Crippen LogP contribution < -0.4 is 9.64 Å². The number of ether oxygens (including phenoxy) is 2. The quantitative estimate of drug-likeness (QED) is 0.199. The first kappa shape index (κ1) is 31.2. The molecule has 2 heterocycles. The third-order valence-electron chi connectivity index (χ3n) is 8.45. The number of hydroxylamine groups is 2. The molecule has 6 rings (SSSR count). The van der Waals surface area contributed by atoms with E-state index in [1.807, 2.05) is 31.2 Å². The van der Waals surface area contributed by atoms with E-state index in [4.69, 9.17) is 14.3 Å². The molecular weight excluding hydrogens is 545 g/mol. The summed E-state index contributed by atoms with van der Waals surface area (Å²) in [6.45, 7) is 10.1. The van der Waals surface area contributed by atoms with Crippen molar-refractivity contribution < 1.29 is 28.7 Å². The van der Waals surface area contributed by atoms with Crippen LogP contribution in [0.3, 0.4) is 0 Å². The van der Waals surface area contributed by atoms with Crippen LogP contribution in [-0.2, 0) is 24.0 Å². The van der Waals surface area contributed by atoms with Gasteiger partial charge < -0.3 is 14.4 Å². The predicted octanol–water partition coefficient (Wildman–Crippen LogP) is 3.50. The van der Waals surface area contributed by atoms with E-state index >= 15 is 0 Å². The summed E-state index contributed by atoms with van der Waals surface area (Å²) >= 11 is 0. The number of carbonyl (C=O) groups excluding carboxylic acids is 3. The number of benzene rings is 1. The molecule has 2 saturated heterocycles. The van der Waals surface area contributed by atoms with Gasteiger partial charge in [-0.3, -0.25) is 24.1 Å². The van der Waals surface area contributed by atoms with Crippen molar-refractivity contribution in [3.8, 4) is 5.75 Å². The fraction of sp³-hybridized carbons (Fsp3) is 0.607. The highest BCUT2D eigenvalue weighted by Crippen LogP contribution is 2.58. The molecule has 0 aromatic heterocycles. The van der Waals surface area contributed by atoms with Crippen LogP contribution in [0.2, 0.25) is 0 Å². The second-order valence-electron chi connectivity index (χ2n) is 10.8. The number of piperazine rings is 1. The number of anilines is 1. The van der Waals surface area contributed by atoms with Crippen LogP contribution in [0.1, 0.15) is 33.6 Å². The van der Waals surface area contributed by atoms with Gasteiger partial charge in [-0.05, 0) is 49.8 Å². The van der Waals surface area contributed by atoms with Gasteiger partial charge in [0.15, 0.2) is 0 Å². The van der Waals surface area contributed by atoms with E-state index < -0.39 is 23.4 Å². The summed E-state index contributed by atoms with van der Waals surface area (Å²) in [4.78, 5) is 49.2. The normalized spacial score (nSPS) is 29.8. The molecule has 1 aromatic carbocycles. The number of hydrogen-bond acceptors (Lipinski definition) is 8. The Labute approximate surface area is 242 Å². The maximum absolute atomic E-state index is 13.4. The first-order valence-electron chi connectivity index (χ1n) is 13.3. The number of para-hydroxylation sites is 2. The number of amides is 2. The van der Waals surface area contributed by atoms with Gasteiger partial charge in [0.1, 0.15) is 11.4 Å². The molecule has 216 valence electrons. The Balaban J connectivity index is 0.00000210. The van der Waals surface area contributed by atoms with Crippen LogP contribution in [0.5, 0.6) is 5.75 Å². The lowest BCUT2D eigenvalue weighted by Gasteiger charge is -2.52. The molecule has 3 aliphatic carbocycles. The summed E-state index contributed by atoms with van der Waals surface area (Å²) in [6.07, 6.45) is 3.15. The van der Waals surface area contributed by atoms with Crippen LogP contribution >= 0.6 is 24.8 Å². The topological polar surface area (TPSA) is 88.6 Å². The van der Waals surface area contributed by atoms with E-state index in [1.54, 1.807) is 7.11 Å². The van der Waals surface area contributed by atoms with Gasteiger partial charge in [0.2, 0.25) is 0 Å². The molecular formula is C28H39Cl2N3O6. The molecule has 0 spiro atoms. The largest absolute Gasteiger partial charge is 0.495 e. The first-order chi connectivity index (χ1) is 17.8. The van der Waals surface area contributed by atoms with Crippen LogP contribution in [0.15, 0.2) is 35.9 Å². The minimum atomic E-state index is -1.07. The zero-order valence-corrected chi connectivity index (χ0v) is 24.6. The van der Waals surface area contributed by atoms with Crippen molar-refractivity contribution in [3.05, 3.63) is 35.9 Å². The van der Waals surface area contributed by atoms with Gasteiger partial charge in [-0.2, -0.15) is 5.06 Å². The molecule has 1 aromatic rings. The highest BCUT2D eigenvalue weighted by molar-refractivity contribution is 6.05. The van der Waals surface area contributed by atoms with Crippen LogP contribution in [0, 0.1) is 23.7 Å². The summed E-state index contributed by atoms with van der Waals surface area (Å²) < 4.78 is 11.3. The van der Waals surface area contributed by atoms with Crippen molar-refractivity contribution in [3.63, 3.8) is 0 Å². The minimum absolute atomic E-state index is 0. The van der Waals surface area contributed by atoms with Crippen molar-refractivity contribution in [2.75, 3.05) is 51.3 Å². The van der Waals surface area contributed by atoms with Gasteiger partial charge >= 0.3 is 5.97 Å². The van der Waals surface area contributed by atoms with Gasteiger partial charge in [0.05, 0.1) is 31.2 Å². The maximum Gasteiger partial charge on any atom is 0.303 e. The number of carbonyl (C=O) groups is 3. The first-order valence-corrected chi connectivity index (χ1v) is 13.3. The molecule has 2 bridgehead atoms. The zero-order chi connectivity index (χ0) is 26.3. The lowest BCUT2D eigenvalue weighted by molar-refractivity contribution is -0.191. The molecule has 0 N–H and O–H groups in total. The van der Waals surface area contributed by atoms with Crippen molar-refractivity contribution in [2.45, 2.75) is 39.2 Å². The van der Waals surface area contributed by atoms with E-state index in [1.165, 1.54) is 6.92 Å². The molecule has 3 unspecified atom stereocenters. The monoisotopic (exact) mass is 583 g/mol. The Hall–Kier alpha value is -2.33. The predicted molar refractivity (Wildman–Crippen MR) is 151 cm³/mol. The number of hydrogen-bond donors (Lipinski definition) is 0. The lowest BCUT2D eigenvalue weighted by atomic mass is 9.54. The third kappa shape index (κ3) is 5.64. The van der Waals surface area contributed by atoms with Gasteiger partial charge in [0, 0.05) is 39.6 Å². The van der Waals surface area contributed by atoms with Gasteiger partial charge in [0.25, 0.3) is 11.8 Å². The fourth-order valence-corrected chi connectivity index (χ4v) is 7.09. The van der Waals surface area contributed by atoms with E-state index in [9.17, 15) is 14.4 Å². The van der Waals surface area contributed by atoms with Crippen LogP contribution in [0.25, 0.3) is 0 Å². The van der Waals surface area contributed by atoms with Crippen molar-refractivity contribution >= 4 is 48.3 Å². The number of imide groups is 1. The smallest absolute Gasteiger partial charge is 0.303 e. The van der Waals surface area contributed by atoms with Crippen molar-refractivity contribution in [2.24, 2.45) is 23.7 Å². The molecule has 11 heteroatoms. The molecule has 1 saturated carbocycles. The maximum atomic E-state index is 13.4. The van der Waals surface area contributed by atoms with Gasteiger partial charge in [-0.15, -0.1) is 24.8 Å². The van der Waals surface area contributed by atoms with E-state index in [0.29, 0.717) is 12.8 Å². The average Bonchev–Trinajstić information content (AvgIpc) is 3.12. The zero-order valence-electron chi connectivity index (χ0n) is 23.0. The molecule has 0 radical (unpaired) electrons. The molecule has 5 atom stereocenters. The second-order valence-corrected chi connectivity index (χ2v) is 10.8. The summed E-state index contributed by atoms with van der Waals surface area (Å²) in [5.74, 6) is -1.40. The summed E-state index contributed by atoms with van der Waals surface area (Å²) in [5, 5.41) is 0.963. The molecule has 2 amide bonds. The van der Waals surface area contributed by atoms with E-state index in [2.05, 4.69) is 22.8 Å². The summed E-state index contributed by atoms with van der Waals surface area (Å²) in [7, 11) is 1.69. The molecule has 39 heavy (non-hydrogen) atoms. The van der Waals surface area contributed by atoms with Crippen molar-refractivity contribution in [1.29, 1.82) is 0 Å². The number of halogens is 2. The van der Waals surface area contributed by atoms with Crippen LogP contribution in [-0.4, -0.2) is 79.8 Å². The lowest BCUT2D eigenvalue weighted by Crippen LogP contribution is -2.57. The van der Waals surface area contributed by atoms with Crippen molar-refractivity contribution in [1.82, 2.24) is 9.96 Å². The fourth-order valence-electron chi connectivity index (χ4n) is 7.09. The number of methoxy groups -OCH3 is 1. The van der Waals surface area contributed by atoms with Crippen LogP contribution in [0.4, 0.5) is 5.69 Å². The second kappa shape index (κ2) is 12.5. The molecule has 2 aliphatic heterocycles. The molecule has 9 nitrogen and oxygen atoms in total. The average molecular weight is 585 g/mol. The number of allylic oxidation sites excluding steroid dienone is 1. The number of fused-ring (bicyclic) bond motifs is 1. The number of rotatable bonds is 8. The highest BCUT2D eigenvalue weighted by Gasteiger charge is 2.68. The Morgan fingerprint density at radius 2 is 1.74 bits per heavy atom. The third-order valence-corrected chi connectivity index (χ3v) is 8.45. The number of nitrogens with zero attached hydrogens (tertiary/aromatic N) is 3. The Morgan fingerprint density at radius 3 is 2.38 bits per heavy atom.